The third kappa shape index (κ3) is 5.69. The Labute approximate surface area is 185 Å². The molecular weight excluding hydrogens is 416 g/mol. The number of amides is 1. The van der Waals surface area contributed by atoms with Crippen molar-refractivity contribution in [1.82, 2.24) is 14.8 Å². The number of aryl methyl sites for hydroxylation is 1. The summed E-state index contributed by atoms with van der Waals surface area (Å²) < 4.78 is 18.4. The standard InChI is InChI=1S/C22H26N4O4S/c1-5-26-20(13-30-18-9-7-6-8-15(18)2)24-25-22(26)31-14-21(27)23-17-12-16(28-3)10-11-19(17)29-4/h6-12H,5,13-14H2,1-4H3,(H,23,27). The number of carbonyl (C=O) groups is 1. The molecule has 3 aromatic rings. The molecule has 0 atom stereocenters. The molecule has 0 fully saturated rings. The van der Waals surface area contributed by atoms with Crippen LogP contribution in [0.4, 0.5) is 5.69 Å². The van der Waals surface area contributed by atoms with Crippen LogP contribution >= 0.6 is 11.8 Å². The minimum Gasteiger partial charge on any atom is -0.497 e. The van der Waals surface area contributed by atoms with Gasteiger partial charge in [0.2, 0.25) is 5.91 Å². The van der Waals surface area contributed by atoms with Gasteiger partial charge in [-0.25, -0.2) is 0 Å². The number of rotatable bonds is 10. The van der Waals surface area contributed by atoms with Crippen LogP contribution in [0, 0.1) is 6.92 Å². The zero-order valence-corrected chi connectivity index (χ0v) is 18.9. The number of carbonyl (C=O) groups excluding carboxylic acids is 1. The lowest BCUT2D eigenvalue weighted by molar-refractivity contribution is -0.113. The molecule has 1 heterocycles. The number of hydrogen-bond donors (Lipinski definition) is 1. The fourth-order valence-electron chi connectivity index (χ4n) is 2.94. The van der Waals surface area contributed by atoms with Gasteiger partial charge in [-0.05, 0) is 37.6 Å². The summed E-state index contributed by atoms with van der Waals surface area (Å²) in [5.74, 6) is 2.72. The Morgan fingerprint density at radius 3 is 2.61 bits per heavy atom. The average molecular weight is 443 g/mol. The number of nitrogens with one attached hydrogen (secondary N) is 1. The van der Waals surface area contributed by atoms with E-state index in [0.29, 0.717) is 41.3 Å². The first-order valence-electron chi connectivity index (χ1n) is 9.80. The van der Waals surface area contributed by atoms with E-state index < -0.39 is 0 Å². The van der Waals surface area contributed by atoms with Crippen molar-refractivity contribution in [3.8, 4) is 17.2 Å². The van der Waals surface area contributed by atoms with Crippen molar-refractivity contribution in [2.24, 2.45) is 0 Å². The smallest absolute Gasteiger partial charge is 0.234 e. The quantitative estimate of drug-likeness (QED) is 0.476. The first kappa shape index (κ1) is 22.5. The summed E-state index contributed by atoms with van der Waals surface area (Å²) in [4.78, 5) is 12.5. The summed E-state index contributed by atoms with van der Waals surface area (Å²) in [6.07, 6.45) is 0. The second-order valence-electron chi connectivity index (χ2n) is 6.60. The highest BCUT2D eigenvalue weighted by atomic mass is 32.2. The molecule has 0 saturated carbocycles. The van der Waals surface area contributed by atoms with Crippen molar-refractivity contribution in [3.63, 3.8) is 0 Å². The zero-order valence-electron chi connectivity index (χ0n) is 18.0. The minimum absolute atomic E-state index is 0.178. The van der Waals surface area contributed by atoms with Crippen LogP contribution in [0.1, 0.15) is 18.3 Å². The number of anilines is 1. The highest BCUT2D eigenvalue weighted by molar-refractivity contribution is 7.99. The lowest BCUT2D eigenvalue weighted by Crippen LogP contribution is -2.15. The molecule has 1 N–H and O–H groups in total. The number of hydrogen-bond acceptors (Lipinski definition) is 7. The Morgan fingerprint density at radius 1 is 1.10 bits per heavy atom. The van der Waals surface area contributed by atoms with E-state index in [1.54, 1.807) is 32.4 Å². The van der Waals surface area contributed by atoms with E-state index in [1.165, 1.54) is 11.8 Å². The maximum Gasteiger partial charge on any atom is 0.234 e. The van der Waals surface area contributed by atoms with E-state index in [-0.39, 0.29) is 11.7 Å². The van der Waals surface area contributed by atoms with Gasteiger partial charge in [0, 0.05) is 12.6 Å². The minimum atomic E-state index is -0.181. The van der Waals surface area contributed by atoms with Crippen molar-refractivity contribution in [3.05, 3.63) is 53.9 Å². The molecule has 0 radical (unpaired) electrons. The van der Waals surface area contributed by atoms with E-state index in [0.717, 1.165) is 11.3 Å². The van der Waals surface area contributed by atoms with Crippen LogP contribution in [0.25, 0.3) is 0 Å². The van der Waals surface area contributed by atoms with E-state index in [9.17, 15) is 4.79 Å². The van der Waals surface area contributed by atoms with Crippen LogP contribution in [0.3, 0.4) is 0 Å². The van der Waals surface area contributed by atoms with Gasteiger partial charge in [0.1, 0.15) is 23.9 Å². The average Bonchev–Trinajstić information content (AvgIpc) is 3.18. The number of methoxy groups -OCH3 is 2. The van der Waals surface area contributed by atoms with Crippen LogP contribution in [0.5, 0.6) is 17.2 Å². The largest absolute Gasteiger partial charge is 0.497 e. The van der Waals surface area contributed by atoms with Gasteiger partial charge in [-0.3, -0.25) is 4.79 Å². The lowest BCUT2D eigenvalue weighted by Gasteiger charge is -2.12. The van der Waals surface area contributed by atoms with Crippen LogP contribution in [-0.2, 0) is 17.9 Å². The highest BCUT2D eigenvalue weighted by Gasteiger charge is 2.15. The third-order valence-electron chi connectivity index (χ3n) is 4.57. The van der Waals surface area contributed by atoms with Crippen LogP contribution in [0.15, 0.2) is 47.6 Å². The van der Waals surface area contributed by atoms with E-state index in [1.807, 2.05) is 42.7 Å². The third-order valence-corrected chi connectivity index (χ3v) is 5.54. The molecular formula is C22H26N4O4S. The summed E-state index contributed by atoms with van der Waals surface area (Å²) >= 11 is 1.32. The molecule has 0 bridgehead atoms. The second kappa shape index (κ2) is 10.7. The molecule has 0 saturated heterocycles. The summed E-state index contributed by atoms with van der Waals surface area (Å²) in [7, 11) is 3.12. The summed E-state index contributed by atoms with van der Waals surface area (Å²) in [6.45, 7) is 4.98. The van der Waals surface area contributed by atoms with Crippen molar-refractivity contribution in [2.75, 3.05) is 25.3 Å². The van der Waals surface area contributed by atoms with E-state index >= 15 is 0 Å². The maximum atomic E-state index is 12.5. The zero-order chi connectivity index (χ0) is 22.2. The van der Waals surface area contributed by atoms with Crippen LogP contribution < -0.4 is 19.5 Å². The van der Waals surface area contributed by atoms with Gasteiger partial charge in [-0.2, -0.15) is 0 Å². The summed E-state index contributed by atoms with van der Waals surface area (Å²) in [5, 5.41) is 12.0. The van der Waals surface area contributed by atoms with Gasteiger partial charge >= 0.3 is 0 Å². The van der Waals surface area contributed by atoms with Gasteiger partial charge in [-0.1, -0.05) is 30.0 Å². The predicted molar refractivity (Wildman–Crippen MR) is 120 cm³/mol. The first-order chi connectivity index (χ1) is 15.0. The van der Waals surface area contributed by atoms with Gasteiger partial charge in [0.05, 0.1) is 25.7 Å². The van der Waals surface area contributed by atoms with E-state index in [4.69, 9.17) is 14.2 Å². The molecule has 0 aliphatic rings. The number of thioether (sulfide) groups is 1. The molecule has 2 aromatic carbocycles. The molecule has 164 valence electrons. The number of aromatic nitrogens is 3. The van der Waals surface area contributed by atoms with Crippen molar-refractivity contribution < 1.29 is 19.0 Å². The van der Waals surface area contributed by atoms with E-state index in [2.05, 4.69) is 15.5 Å². The Hall–Kier alpha value is -3.20. The van der Waals surface area contributed by atoms with Gasteiger partial charge in [0.25, 0.3) is 0 Å². The van der Waals surface area contributed by atoms with Gasteiger partial charge < -0.3 is 24.1 Å². The lowest BCUT2D eigenvalue weighted by atomic mass is 10.2. The molecule has 9 heteroatoms. The van der Waals surface area contributed by atoms with Gasteiger partial charge in [-0.15, -0.1) is 10.2 Å². The number of benzene rings is 2. The molecule has 31 heavy (non-hydrogen) atoms. The van der Waals surface area contributed by atoms with Gasteiger partial charge in [0.15, 0.2) is 11.0 Å². The Balaban J connectivity index is 1.62. The van der Waals surface area contributed by atoms with Crippen molar-refractivity contribution >= 4 is 23.4 Å². The topological polar surface area (TPSA) is 87.5 Å². The normalized spacial score (nSPS) is 10.6. The monoisotopic (exact) mass is 442 g/mol. The molecule has 0 unspecified atom stereocenters. The molecule has 3 rings (SSSR count). The predicted octanol–water partition coefficient (Wildman–Crippen LogP) is 3.93. The Bertz CT molecular complexity index is 1040. The number of ether oxygens (including phenoxy) is 3. The first-order valence-corrected chi connectivity index (χ1v) is 10.8. The fraction of sp³-hybridized carbons (Fsp3) is 0.318. The molecule has 1 amide bonds. The SMILES string of the molecule is CCn1c(COc2ccccc2C)nnc1SCC(=O)Nc1cc(OC)ccc1OC. The summed E-state index contributed by atoms with van der Waals surface area (Å²) in [6, 6.07) is 13.1. The fourth-order valence-corrected chi connectivity index (χ4v) is 3.76. The summed E-state index contributed by atoms with van der Waals surface area (Å²) in [5.41, 5.74) is 1.61. The Morgan fingerprint density at radius 2 is 1.90 bits per heavy atom. The molecule has 0 spiro atoms. The van der Waals surface area contributed by atoms with Crippen LogP contribution in [0.2, 0.25) is 0 Å². The Kier molecular flexibility index (Phi) is 7.77. The van der Waals surface area contributed by atoms with Crippen LogP contribution in [-0.4, -0.2) is 40.6 Å². The van der Waals surface area contributed by atoms with Crippen molar-refractivity contribution in [1.29, 1.82) is 0 Å². The van der Waals surface area contributed by atoms with Crippen molar-refractivity contribution in [2.45, 2.75) is 32.2 Å². The molecule has 8 nitrogen and oxygen atoms in total. The molecule has 0 aliphatic heterocycles. The number of para-hydroxylation sites is 1. The molecule has 0 aliphatic carbocycles. The number of nitrogens with zero attached hydrogens (tertiary/aromatic N) is 3. The second-order valence-corrected chi connectivity index (χ2v) is 7.54. The molecule has 1 aromatic heterocycles. The maximum absolute atomic E-state index is 12.5. The highest BCUT2D eigenvalue weighted by Crippen LogP contribution is 2.29.